The maximum Gasteiger partial charge on any atom is 0.338 e. The summed E-state index contributed by atoms with van der Waals surface area (Å²) in [6.45, 7) is 4.19. The molecule has 2 aliphatic rings. The van der Waals surface area contributed by atoms with E-state index in [0.717, 1.165) is 47.3 Å². The number of anilines is 1. The Morgan fingerprint density at radius 3 is 2.70 bits per heavy atom. The number of hydrogen-bond acceptors (Lipinski definition) is 4. The van der Waals surface area contributed by atoms with Crippen LogP contribution in [0, 0.1) is 13.8 Å². The molecule has 4 rings (SSSR count). The Balaban J connectivity index is 1.51. The molecular formula is C22H21NO4. The zero-order chi connectivity index (χ0) is 19.1. The number of ketones is 1. The summed E-state index contributed by atoms with van der Waals surface area (Å²) in [5.74, 6) is -0.644. The minimum Gasteiger partial charge on any atom is -0.454 e. The van der Waals surface area contributed by atoms with Crippen molar-refractivity contribution in [2.75, 3.05) is 18.1 Å². The molecule has 0 spiro atoms. The van der Waals surface area contributed by atoms with Crippen LogP contribution in [0.15, 0.2) is 30.3 Å². The predicted molar refractivity (Wildman–Crippen MR) is 101 cm³/mol. The molecule has 27 heavy (non-hydrogen) atoms. The normalized spacial score (nSPS) is 14.9. The predicted octanol–water partition coefficient (Wildman–Crippen LogP) is 3.18. The number of hydrogen-bond donors (Lipinski definition) is 0. The highest BCUT2D eigenvalue weighted by atomic mass is 16.5. The summed E-state index contributed by atoms with van der Waals surface area (Å²) in [7, 11) is 0. The second kappa shape index (κ2) is 6.65. The molecule has 0 fully saturated rings. The van der Waals surface area contributed by atoms with Gasteiger partial charge in [-0.15, -0.1) is 0 Å². The third kappa shape index (κ3) is 3.14. The van der Waals surface area contributed by atoms with Crippen molar-refractivity contribution in [3.63, 3.8) is 0 Å². The van der Waals surface area contributed by atoms with Gasteiger partial charge in [0.2, 0.25) is 5.91 Å². The van der Waals surface area contributed by atoms with E-state index in [1.165, 1.54) is 0 Å². The van der Waals surface area contributed by atoms with Crippen molar-refractivity contribution in [3.8, 4) is 0 Å². The lowest BCUT2D eigenvalue weighted by atomic mass is 9.95. The number of carbonyl (C=O) groups excluding carboxylic acids is 3. The minimum atomic E-state index is -0.492. The van der Waals surface area contributed by atoms with Gasteiger partial charge in [-0.3, -0.25) is 9.59 Å². The molecular weight excluding hydrogens is 342 g/mol. The molecule has 2 aromatic rings. The second-order valence-electron chi connectivity index (χ2n) is 7.29. The van der Waals surface area contributed by atoms with Crippen LogP contribution >= 0.6 is 0 Å². The number of nitrogens with zero attached hydrogens (tertiary/aromatic N) is 1. The van der Waals surface area contributed by atoms with Crippen LogP contribution in [0.2, 0.25) is 0 Å². The molecule has 5 heteroatoms. The van der Waals surface area contributed by atoms with E-state index in [1.807, 2.05) is 36.9 Å². The molecule has 0 atom stereocenters. The average Bonchev–Trinajstić information content (AvgIpc) is 2.98. The third-order valence-corrected chi connectivity index (χ3v) is 5.28. The maximum atomic E-state index is 12.6. The van der Waals surface area contributed by atoms with Crippen LogP contribution in [0.1, 0.15) is 49.4 Å². The van der Waals surface area contributed by atoms with Crippen LogP contribution < -0.4 is 4.90 Å². The van der Waals surface area contributed by atoms with Gasteiger partial charge in [-0.2, -0.15) is 0 Å². The lowest BCUT2D eigenvalue weighted by Crippen LogP contribution is -2.31. The number of benzene rings is 2. The fourth-order valence-corrected chi connectivity index (χ4v) is 3.89. The smallest absolute Gasteiger partial charge is 0.338 e. The van der Waals surface area contributed by atoms with Crippen molar-refractivity contribution >= 4 is 23.3 Å². The first-order valence-corrected chi connectivity index (χ1v) is 9.18. The maximum absolute atomic E-state index is 12.6. The highest BCUT2D eigenvalue weighted by Gasteiger charge is 2.33. The van der Waals surface area contributed by atoms with Gasteiger partial charge < -0.3 is 9.64 Å². The van der Waals surface area contributed by atoms with E-state index < -0.39 is 5.97 Å². The summed E-state index contributed by atoms with van der Waals surface area (Å²) < 4.78 is 5.26. The standard InChI is InChI=1S/C22H21NO4/c1-13-5-6-14(2)18(8-13)22(26)27-12-19(24)16-9-15-4-3-7-23-20(25)11-17(10-16)21(15)23/h5-6,8-10H,3-4,7,11-12H2,1-2H3. The van der Waals surface area contributed by atoms with Crippen LogP contribution in [-0.4, -0.2) is 30.8 Å². The number of carbonyl (C=O) groups is 3. The molecule has 2 heterocycles. The van der Waals surface area contributed by atoms with Gasteiger partial charge in [0.15, 0.2) is 12.4 Å². The van der Waals surface area contributed by atoms with Gasteiger partial charge >= 0.3 is 5.97 Å². The van der Waals surface area contributed by atoms with Crippen molar-refractivity contribution in [2.24, 2.45) is 0 Å². The molecule has 0 unspecified atom stereocenters. The molecule has 5 nitrogen and oxygen atoms in total. The molecule has 0 saturated heterocycles. The lowest BCUT2D eigenvalue weighted by Gasteiger charge is -2.25. The van der Waals surface area contributed by atoms with E-state index in [0.29, 0.717) is 17.5 Å². The fraction of sp³-hybridized carbons (Fsp3) is 0.318. The Bertz CT molecular complexity index is 977. The van der Waals surface area contributed by atoms with E-state index in [9.17, 15) is 14.4 Å². The first-order valence-electron chi connectivity index (χ1n) is 9.18. The molecule has 0 saturated carbocycles. The molecule has 0 aliphatic carbocycles. The van der Waals surface area contributed by atoms with Crippen molar-refractivity contribution in [1.29, 1.82) is 0 Å². The molecule has 1 amide bonds. The summed E-state index contributed by atoms with van der Waals surface area (Å²) in [6, 6.07) is 9.18. The van der Waals surface area contributed by atoms with E-state index in [1.54, 1.807) is 12.1 Å². The van der Waals surface area contributed by atoms with Crippen LogP contribution in [0.3, 0.4) is 0 Å². The molecule has 138 valence electrons. The Labute approximate surface area is 157 Å². The molecule has 0 N–H and O–H groups in total. The van der Waals surface area contributed by atoms with Crippen LogP contribution in [-0.2, 0) is 22.4 Å². The van der Waals surface area contributed by atoms with Gasteiger partial charge in [0.25, 0.3) is 0 Å². The first kappa shape index (κ1) is 17.5. The molecule has 0 aromatic heterocycles. The van der Waals surface area contributed by atoms with Gasteiger partial charge in [-0.05, 0) is 61.6 Å². The molecule has 0 radical (unpaired) electrons. The number of amides is 1. The Morgan fingerprint density at radius 2 is 1.89 bits per heavy atom. The summed E-state index contributed by atoms with van der Waals surface area (Å²) in [5, 5.41) is 0. The zero-order valence-corrected chi connectivity index (χ0v) is 15.5. The Kier molecular flexibility index (Phi) is 4.30. The third-order valence-electron chi connectivity index (χ3n) is 5.28. The second-order valence-corrected chi connectivity index (χ2v) is 7.29. The van der Waals surface area contributed by atoms with Crippen molar-refractivity contribution in [1.82, 2.24) is 0 Å². The largest absolute Gasteiger partial charge is 0.454 e. The number of Topliss-reactive ketones (excluding diaryl/α,β-unsaturated/α-hetero) is 1. The summed E-state index contributed by atoms with van der Waals surface area (Å²) in [5.41, 5.74) is 5.69. The fourth-order valence-electron chi connectivity index (χ4n) is 3.89. The highest BCUT2D eigenvalue weighted by Crippen LogP contribution is 2.37. The van der Waals surface area contributed by atoms with Gasteiger partial charge in [0.05, 0.1) is 17.7 Å². The quantitative estimate of drug-likeness (QED) is 0.618. The molecule has 2 aliphatic heterocycles. The van der Waals surface area contributed by atoms with E-state index in [4.69, 9.17) is 4.74 Å². The lowest BCUT2D eigenvalue weighted by molar-refractivity contribution is -0.117. The minimum absolute atomic E-state index is 0.0944. The SMILES string of the molecule is Cc1ccc(C)c(C(=O)OCC(=O)c2cc3c4c(c2)CC(=O)N4CCC3)c1. The van der Waals surface area contributed by atoms with Gasteiger partial charge in [-0.25, -0.2) is 4.79 Å². The van der Waals surface area contributed by atoms with Gasteiger partial charge in [-0.1, -0.05) is 17.7 Å². The van der Waals surface area contributed by atoms with Crippen molar-refractivity contribution in [3.05, 3.63) is 63.7 Å². The topological polar surface area (TPSA) is 63.7 Å². The van der Waals surface area contributed by atoms with E-state index in [-0.39, 0.29) is 18.3 Å². The van der Waals surface area contributed by atoms with Gasteiger partial charge in [0, 0.05) is 12.1 Å². The Morgan fingerprint density at radius 1 is 1.11 bits per heavy atom. The van der Waals surface area contributed by atoms with Crippen LogP contribution in [0.4, 0.5) is 5.69 Å². The van der Waals surface area contributed by atoms with Crippen LogP contribution in [0.5, 0.6) is 0 Å². The van der Waals surface area contributed by atoms with E-state index >= 15 is 0 Å². The number of rotatable bonds is 4. The Hall–Kier alpha value is -2.95. The number of aryl methyl sites for hydroxylation is 3. The van der Waals surface area contributed by atoms with Crippen molar-refractivity contribution in [2.45, 2.75) is 33.1 Å². The monoisotopic (exact) mass is 363 g/mol. The first-order chi connectivity index (χ1) is 12.9. The van der Waals surface area contributed by atoms with Crippen molar-refractivity contribution < 1.29 is 19.1 Å². The number of esters is 1. The average molecular weight is 363 g/mol. The highest BCUT2D eigenvalue weighted by molar-refractivity contribution is 6.06. The number of ether oxygens (including phenoxy) is 1. The van der Waals surface area contributed by atoms with Crippen LogP contribution in [0.25, 0.3) is 0 Å². The summed E-state index contributed by atoms with van der Waals surface area (Å²) in [6.07, 6.45) is 2.10. The summed E-state index contributed by atoms with van der Waals surface area (Å²) >= 11 is 0. The van der Waals surface area contributed by atoms with Gasteiger partial charge in [0.1, 0.15) is 0 Å². The molecule has 2 aromatic carbocycles. The van der Waals surface area contributed by atoms with E-state index in [2.05, 4.69) is 0 Å². The zero-order valence-electron chi connectivity index (χ0n) is 15.5. The molecule has 0 bridgehead atoms. The summed E-state index contributed by atoms with van der Waals surface area (Å²) in [4.78, 5) is 38.9.